The van der Waals surface area contributed by atoms with Gasteiger partial charge in [0.15, 0.2) is 0 Å². The van der Waals surface area contributed by atoms with Crippen LogP contribution in [0.15, 0.2) is 59.5 Å². The van der Waals surface area contributed by atoms with Gasteiger partial charge in [0.2, 0.25) is 0 Å². The third-order valence-electron chi connectivity index (χ3n) is 3.38. The standard InChI is InChI=1S/C16H15NO6S/c1-11(15(18)19)17(13-9-7-12(8-10-13)16(20)21)24(22,23)14-5-3-2-4-6-14/h2-11H,1H3,(H,18,19)(H,20,21). The molecule has 0 aliphatic carbocycles. The second kappa shape index (κ2) is 6.71. The smallest absolute Gasteiger partial charge is 0.335 e. The van der Waals surface area contributed by atoms with E-state index in [4.69, 9.17) is 5.11 Å². The van der Waals surface area contributed by atoms with Crippen LogP contribution < -0.4 is 4.31 Å². The molecule has 0 saturated carbocycles. The van der Waals surface area contributed by atoms with Gasteiger partial charge < -0.3 is 10.2 Å². The van der Waals surface area contributed by atoms with Crippen molar-refractivity contribution in [1.29, 1.82) is 0 Å². The summed E-state index contributed by atoms with van der Waals surface area (Å²) in [6.07, 6.45) is 0. The Morgan fingerprint density at radius 2 is 1.50 bits per heavy atom. The van der Waals surface area contributed by atoms with E-state index in [9.17, 15) is 23.1 Å². The first-order valence-corrected chi connectivity index (χ1v) is 8.35. The maximum absolute atomic E-state index is 12.8. The summed E-state index contributed by atoms with van der Waals surface area (Å²) < 4.78 is 26.4. The van der Waals surface area contributed by atoms with Gasteiger partial charge in [-0.25, -0.2) is 18.0 Å². The fourth-order valence-corrected chi connectivity index (χ4v) is 3.76. The SMILES string of the molecule is CC(C(=O)O)N(c1ccc(C(=O)O)cc1)S(=O)(=O)c1ccccc1. The predicted molar refractivity (Wildman–Crippen MR) is 86.6 cm³/mol. The lowest BCUT2D eigenvalue weighted by Crippen LogP contribution is -2.43. The van der Waals surface area contributed by atoms with Crippen LogP contribution in [0.5, 0.6) is 0 Å². The number of benzene rings is 2. The van der Waals surface area contributed by atoms with Crippen molar-refractivity contribution >= 4 is 27.6 Å². The number of carboxylic acid groups (broad SMARTS) is 2. The highest BCUT2D eigenvalue weighted by molar-refractivity contribution is 7.92. The number of carboxylic acids is 2. The van der Waals surface area contributed by atoms with Crippen LogP contribution in [0.1, 0.15) is 17.3 Å². The van der Waals surface area contributed by atoms with E-state index < -0.39 is 28.0 Å². The zero-order valence-electron chi connectivity index (χ0n) is 12.7. The Bertz CT molecular complexity index is 846. The van der Waals surface area contributed by atoms with Crippen LogP contribution in [0.3, 0.4) is 0 Å². The van der Waals surface area contributed by atoms with E-state index >= 15 is 0 Å². The van der Waals surface area contributed by atoms with E-state index in [1.807, 2.05) is 0 Å². The number of hydrogen-bond donors (Lipinski definition) is 2. The van der Waals surface area contributed by atoms with Gasteiger partial charge in [0, 0.05) is 0 Å². The Kier molecular flexibility index (Phi) is 4.89. The highest BCUT2D eigenvalue weighted by Gasteiger charge is 2.33. The molecule has 0 aromatic heterocycles. The van der Waals surface area contributed by atoms with Crippen LogP contribution >= 0.6 is 0 Å². The van der Waals surface area contributed by atoms with E-state index in [1.165, 1.54) is 55.5 Å². The third kappa shape index (κ3) is 3.38. The average Bonchev–Trinajstić information content (AvgIpc) is 2.56. The molecule has 8 heteroatoms. The molecule has 2 aromatic carbocycles. The van der Waals surface area contributed by atoms with Crippen LogP contribution in [0, 0.1) is 0 Å². The van der Waals surface area contributed by atoms with Crippen LogP contribution in [0.2, 0.25) is 0 Å². The molecule has 0 heterocycles. The molecule has 0 aliphatic heterocycles. The highest BCUT2D eigenvalue weighted by Crippen LogP contribution is 2.26. The number of aromatic carboxylic acids is 1. The number of sulfonamides is 1. The molecule has 0 bridgehead atoms. The topological polar surface area (TPSA) is 112 Å². The van der Waals surface area contributed by atoms with Gasteiger partial charge in [-0.1, -0.05) is 18.2 Å². The van der Waals surface area contributed by atoms with Crippen LogP contribution in [-0.4, -0.2) is 36.6 Å². The second-order valence-electron chi connectivity index (χ2n) is 4.98. The Hall–Kier alpha value is -2.87. The monoisotopic (exact) mass is 349 g/mol. The lowest BCUT2D eigenvalue weighted by molar-refractivity contribution is -0.137. The number of aliphatic carboxylic acids is 1. The molecule has 1 unspecified atom stereocenters. The molecule has 2 rings (SSSR count). The molecular formula is C16H15NO6S. The van der Waals surface area contributed by atoms with E-state index in [1.54, 1.807) is 6.07 Å². The zero-order chi connectivity index (χ0) is 17.9. The highest BCUT2D eigenvalue weighted by atomic mass is 32.2. The molecule has 0 amide bonds. The summed E-state index contributed by atoms with van der Waals surface area (Å²) in [5, 5.41) is 18.2. The fraction of sp³-hybridized carbons (Fsp3) is 0.125. The number of nitrogens with zero attached hydrogens (tertiary/aromatic N) is 1. The minimum absolute atomic E-state index is 0.0289. The van der Waals surface area contributed by atoms with E-state index in [0.29, 0.717) is 0 Å². The minimum atomic E-state index is -4.13. The second-order valence-corrected chi connectivity index (χ2v) is 6.80. The Morgan fingerprint density at radius 1 is 0.958 bits per heavy atom. The first kappa shape index (κ1) is 17.5. The van der Waals surface area contributed by atoms with E-state index in [2.05, 4.69) is 0 Å². The average molecular weight is 349 g/mol. The van der Waals surface area contributed by atoms with Crippen molar-refractivity contribution in [2.75, 3.05) is 4.31 Å². The van der Waals surface area contributed by atoms with Gasteiger partial charge in [-0.3, -0.25) is 4.31 Å². The van der Waals surface area contributed by atoms with E-state index in [0.717, 1.165) is 4.31 Å². The Balaban J connectivity index is 2.57. The number of hydrogen-bond acceptors (Lipinski definition) is 4. The molecule has 2 N–H and O–H groups in total. The molecular weight excluding hydrogens is 334 g/mol. The van der Waals surface area contributed by atoms with Gasteiger partial charge in [0.05, 0.1) is 16.1 Å². The van der Waals surface area contributed by atoms with Crippen molar-refractivity contribution in [3.8, 4) is 0 Å². The summed E-state index contributed by atoms with van der Waals surface area (Å²) in [5.41, 5.74) is 0.0394. The summed E-state index contributed by atoms with van der Waals surface area (Å²) >= 11 is 0. The molecule has 1 atom stereocenters. The fourth-order valence-electron chi connectivity index (χ4n) is 2.13. The number of carbonyl (C=O) groups is 2. The van der Waals surface area contributed by atoms with Crippen LogP contribution in [-0.2, 0) is 14.8 Å². The van der Waals surface area contributed by atoms with Crippen LogP contribution in [0.4, 0.5) is 5.69 Å². The molecule has 126 valence electrons. The van der Waals surface area contributed by atoms with Gasteiger partial charge in [-0.2, -0.15) is 0 Å². The largest absolute Gasteiger partial charge is 0.480 e. The summed E-state index contributed by atoms with van der Waals surface area (Å²) in [6, 6.07) is 11.0. The van der Waals surface area contributed by atoms with Crippen LogP contribution in [0.25, 0.3) is 0 Å². The summed E-state index contributed by atoms with van der Waals surface area (Å²) in [5.74, 6) is -2.48. The molecule has 0 saturated heterocycles. The number of anilines is 1. The third-order valence-corrected chi connectivity index (χ3v) is 5.29. The molecule has 24 heavy (non-hydrogen) atoms. The van der Waals surface area contributed by atoms with Crippen molar-refractivity contribution in [2.45, 2.75) is 17.9 Å². The first-order chi connectivity index (χ1) is 11.2. The summed E-state index contributed by atoms with van der Waals surface area (Å²) in [4.78, 5) is 22.2. The Morgan fingerprint density at radius 3 is 1.96 bits per heavy atom. The predicted octanol–water partition coefficient (Wildman–Crippen LogP) is 2.05. The van der Waals surface area contributed by atoms with Gasteiger partial charge in [-0.05, 0) is 43.3 Å². The van der Waals surface area contributed by atoms with Crippen molar-refractivity contribution in [3.63, 3.8) is 0 Å². The molecule has 0 spiro atoms. The summed E-state index contributed by atoms with van der Waals surface area (Å²) in [7, 11) is -4.13. The molecule has 2 aromatic rings. The summed E-state index contributed by atoms with van der Waals surface area (Å²) in [6.45, 7) is 1.24. The minimum Gasteiger partial charge on any atom is -0.480 e. The lowest BCUT2D eigenvalue weighted by atomic mass is 10.2. The molecule has 0 aliphatic rings. The van der Waals surface area contributed by atoms with E-state index in [-0.39, 0.29) is 16.1 Å². The van der Waals surface area contributed by atoms with Crippen molar-refractivity contribution in [3.05, 3.63) is 60.2 Å². The van der Waals surface area contributed by atoms with Gasteiger partial charge in [-0.15, -0.1) is 0 Å². The lowest BCUT2D eigenvalue weighted by Gasteiger charge is -2.28. The quantitative estimate of drug-likeness (QED) is 0.825. The molecule has 0 radical (unpaired) electrons. The normalized spacial score (nSPS) is 12.4. The maximum Gasteiger partial charge on any atom is 0.335 e. The van der Waals surface area contributed by atoms with Gasteiger partial charge >= 0.3 is 11.9 Å². The van der Waals surface area contributed by atoms with Gasteiger partial charge in [0.25, 0.3) is 10.0 Å². The Labute approximate surface area is 138 Å². The van der Waals surface area contributed by atoms with Gasteiger partial charge in [0.1, 0.15) is 6.04 Å². The molecule has 7 nitrogen and oxygen atoms in total. The zero-order valence-corrected chi connectivity index (χ0v) is 13.5. The number of rotatable bonds is 6. The first-order valence-electron chi connectivity index (χ1n) is 6.91. The van der Waals surface area contributed by atoms with Crippen molar-refractivity contribution < 1.29 is 28.2 Å². The van der Waals surface area contributed by atoms with Crippen molar-refractivity contribution in [2.24, 2.45) is 0 Å². The molecule has 0 fully saturated rings. The maximum atomic E-state index is 12.8. The van der Waals surface area contributed by atoms with Crippen molar-refractivity contribution in [1.82, 2.24) is 0 Å².